The number of benzene rings is 1. The summed E-state index contributed by atoms with van der Waals surface area (Å²) in [6.07, 6.45) is 4.99. The van der Waals surface area contributed by atoms with Crippen LogP contribution in [0.25, 0.3) is 0 Å². The summed E-state index contributed by atoms with van der Waals surface area (Å²) in [5, 5.41) is 2.80. The van der Waals surface area contributed by atoms with Gasteiger partial charge in [-0.2, -0.15) is 0 Å². The quantitative estimate of drug-likeness (QED) is 0.752. The van der Waals surface area contributed by atoms with Crippen molar-refractivity contribution in [2.45, 2.75) is 39.7 Å². The van der Waals surface area contributed by atoms with Crippen LogP contribution in [0.5, 0.6) is 5.75 Å². The molecule has 0 aliphatic heterocycles. The van der Waals surface area contributed by atoms with Crippen LogP contribution in [-0.2, 0) is 6.54 Å². The molecule has 0 unspecified atom stereocenters. The molecule has 1 heterocycles. The smallest absolute Gasteiger partial charge is 0.255 e. The highest BCUT2D eigenvalue weighted by Gasteiger charge is 2.07. The zero-order chi connectivity index (χ0) is 17.4. The Hall–Kier alpha value is -2.56. The minimum atomic E-state index is -0.214. The van der Waals surface area contributed by atoms with E-state index in [4.69, 9.17) is 4.74 Å². The number of carbonyl (C=O) groups excluding carboxylic acids is 1. The highest BCUT2D eigenvalue weighted by molar-refractivity contribution is 6.04. The maximum atomic E-state index is 12.3. The van der Waals surface area contributed by atoms with Crippen molar-refractivity contribution in [3.63, 3.8) is 0 Å². The van der Waals surface area contributed by atoms with Crippen molar-refractivity contribution in [3.05, 3.63) is 58.5 Å². The molecule has 24 heavy (non-hydrogen) atoms. The standard InChI is InChI=1S/C19H24N2O3/c1-3-5-6-13-24-17-10-7-15(8-11-17)19(23)20-16-9-12-18(22)21(4-2)14-16/h7-12,14H,3-6,13H2,1-2H3,(H,20,23). The van der Waals surface area contributed by atoms with Crippen LogP contribution >= 0.6 is 0 Å². The Kier molecular flexibility index (Phi) is 6.61. The van der Waals surface area contributed by atoms with Crippen molar-refractivity contribution in [2.75, 3.05) is 11.9 Å². The summed E-state index contributed by atoms with van der Waals surface area (Å²) in [5.74, 6) is 0.552. The molecule has 0 saturated heterocycles. The Labute approximate surface area is 142 Å². The van der Waals surface area contributed by atoms with E-state index in [1.807, 2.05) is 6.92 Å². The summed E-state index contributed by atoms with van der Waals surface area (Å²) in [5.41, 5.74) is 1.06. The van der Waals surface area contributed by atoms with Crippen LogP contribution in [0.4, 0.5) is 5.69 Å². The van der Waals surface area contributed by atoms with E-state index in [1.54, 1.807) is 41.1 Å². The van der Waals surface area contributed by atoms with Gasteiger partial charge in [-0.25, -0.2) is 0 Å². The normalized spacial score (nSPS) is 10.4. The summed E-state index contributed by atoms with van der Waals surface area (Å²) in [6, 6.07) is 10.1. The number of hydrogen-bond acceptors (Lipinski definition) is 3. The Bertz CT molecular complexity index is 720. The minimum absolute atomic E-state index is 0.0833. The van der Waals surface area contributed by atoms with E-state index in [-0.39, 0.29) is 11.5 Å². The fourth-order valence-corrected chi connectivity index (χ4v) is 2.30. The van der Waals surface area contributed by atoms with Crippen LogP contribution in [-0.4, -0.2) is 17.1 Å². The number of anilines is 1. The first-order chi connectivity index (χ1) is 11.6. The first kappa shape index (κ1) is 17.8. The lowest BCUT2D eigenvalue weighted by molar-refractivity contribution is 0.102. The molecule has 5 nitrogen and oxygen atoms in total. The van der Waals surface area contributed by atoms with Gasteiger partial charge in [0.25, 0.3) is 11.5 Å². The molecule has 1 aromatic carbocycles. The molecule has 0 radical (unpaired) electrons. The highest BCUT2D eigenvalue weighted by atomic mass is 16.5. The topological polar surface area (TPSA) is 60.3 Å². The van der Waals surface area contributed by atoms with Gasteiger partial charge in [0.2, 0.25) is 0 Å². The Morgan fingerprint density at radius 3 is 2.50 bits per heavy atom. The van der Waals surface area contributed by atoms with Gasteiger partial charge in [0.1, 0.15) is 5.75 Å². The maximum Gasteiger partial charge on any atom is 0.255 e. The van der Waals surface area contributed by atoms with Crippen LogP contribution in [0, 0.1) is 0 Å². The zero-order valence-corrected chi connectivity index (χ0v) is 14.2. The second kappa shape index (κ2) is 8.91. The van der Waals surface area contributed by atoms with Gasteiger partial charge in [-0.1, -0.05) is 19.8 Å². The van der Waals surface area contributed by atoms with Crippen LogP contribution in [0.3, 0.4) is 0 Å². The van der Waals surface area contributed by atoms with Gasteiger partial charge < -0.3 is 14.6 Å². The number of nitrogens with zero attached hydrogens (tertiary/aromatic N) is 1. The van der Waals surface area contributed by atoms with Crippen molar-refractivity contribution in [3.8, 4) is 5.75 Å². The van der Waals surface area contributed by atoms with Crippen LogP contribution in [0.2, 0.25) is 0 Å². The van der Waals surface area contributed by atoms with Gasteiger partial charge >= 0.3 is 0 Å². The van der Waals surface area contributed by atoms with Crippen LogP contribution in [0.15, 0.2) is 47.4 Å². The highest BCUT2D eigenvalue weighted by Crippen LogP contribution is 2.14. The number of unbranched alkanes of at least 4 members (excludes halogenated alkanes) is 2. The molecule has 5 heteroatoms. The molecule has 0 aliphatic rings. The summed E-state index contributed by atoms with van der Waals surface area (Å²) < 4.78 is 7.18. The monoisotopic (exact) mass is 328 g/mol. The summed E-state index contributed by atoms with van der Waals surface area (Å²) in [4.78, 5) is 23.8. The lowest BCUT2D eigenvalue weighted by Gasteiger charge is -2.09. The fraction of sp³-hybridized carbons (Fsp3) is 0.368. The lowest BCUT2D eigenvalue weighted by atomic mass is 10.2. The molecule has 1 N–H and O–H groups in total. The number of aryl methyl sites for hydroxylation is 1. The fourth-order valence-electron chi connectivity index (χ4n) is 2.30. The zero-order valence-electron chi connectivity index (χ0n) is 14.2. The number of ether oxygens (including phenoxy) is 1. The first-order valence-electron chi connectivity index (χ1n) is 8.38. The number of pyridine rings is 1. The average Bonchev–Trinajstić information content (AvgIpc) is 2.61. The third-order valence-electron chi connectivity index (χ3n) is 3.72. The Balaban J connectivity index is 1.96. The molecule has 0 saturated carbocycles. The molecule has 2 aromatic rings. The van der Waals surface area contributed by atoms with Gasteiger partial charge in [0, 0.05) is 24.4 Å². The number of aromatic nitrogens is 1. The van der Waals surface area contributed by atoms with Crippen LogP contribution in [0.1, 0.15) is 43.5 Å². The van der Waals surface area contributed by atoms with E-state index in [9.17, 15) is 9.59 Å². The van der Waals surface area contributed by atoms with E-state index in [0.717, 1.165) is 25.0 Å². The van der Waals surface area contributed by atoms with Gasteiger partial charge in [0.05, 0.1) is 12.3 Å². The molecule has 0 atom stereocenters. The van der Waals surface area contributed by atoms with Crippen molar-refractivity contribution in [2.24, 2.45) is 0 Å². The van der Waals surface area contributed by atoms with Gasteiger partial charge in [-0.05, 0) is 43.7 Å². The van der Waals surface area contributed by atoms with Crippen molar-refractivity contribution in [1.29, 1.82) is 0 Å². The molecule has 1 amide bonds. The Morgan fingerprint density at radius 2 is 1.83 bits per heavy atom. The average molecular weight is 328 g/mol. The predicted octanol–water partition coefficient (Wildman–Crippen LogP) is 3.69. The molecule has 128 valence electrons. The summed E-state index contributed by atoms with van der Waals surface area (Å²) in [7, 11) is 0. The lowest BCUT2D eigenvalue weighted by Crippen LogP contribution is -2.19. The van der Waals surface area contributed by atoms with Crippen molar-refractivity contribution >= 4 is 11.6 Å². The number of amides is 1. The molecule has 0 spiro atoms. The Morgan fingerprint density at radius 1 is 1.08 bits per heavy atom. The van der Waals surface area contributed by atoms with E-state index >= 15 is 0 Å². The van der Waals surface area contributed by atoms with E-state index in [1.165, 1.54) is 6.07 Å². The molecule has 0 aliphatic carbocycles. The molecule has 2 rings (SSSR count). The van der Waals surface area contributed by atoms with Crippen LogP contribution < -0.4 is 15.6 Å². The molecular weight excluding hydrogens is 304 g/mol. The number of rotatable bonds is 8. The van der Waals surface area contributed by atoms with E-state index in [2.05, 4.69) is 12.2 Å². The van der Waals surface area contributed by atoms with E-state index in [0.29, 0.717) is 24.4 Å². The summed E-state index contributed by atoms with van der Waals surface area (Å²) in [6.45, 7) is 5.29. The van der Waals surface area contributed by atoms with E-state index < -0.39 is 0 Å². The molecular formula is C19H24N2O3. The molecule has 1 aromatic heterocycles. The van der Waals surface area contributed by atoms with Gasteiger partial charge in [-0.3, -0.25) is 9.59 Å². The molecule has 0 fully saturated rings. The van der Waals surface area contributed by atoms with Gasteiger partial charge in [0.15, 0.2) is 0 Å². The third-order valence-corrected chi connectivity index (χ3v) is 3.72. The molecule has 0 bridgehead atoms. The summed E-state index contributed by atoms with van der Waals surface area (Å²) >= 11 is 0. The van der Waals surface area contributed by atoms with Crippen molar-refractivity contribution in [1.82, 2.24) is 4.57 Å². The second-order valence-electron chi connectivity index (χ2n) is 5.58. The third kappa shape index (κ3) is 4.98. The first-order valence-corrected chi connectivity index (χ1v) is 8.38. The number of carbonyl (C=O) groups is 1. The van der Waals surface area contributed by atoms with Gasteiger partial charge in [-0.15, -0.1) is 0 Å². The minimum Gasteiger partial charge on any atom is -0.494 e. The number of hydrogen-bond donors (Lipinski definition) is 1. The number of nitrogens with one attached hydrogen (secondary N) is 1. The maximum absolute atomic E-state index is 12.3. The SMILES string of the molecule is CCCCCOc1ccc(C(=O)Nc2ccc(=O)n(CC)c2)cc1. The largest absolute Gasteiger partial charge is 0.494 e. The predicted molar refractivity (Wildman–Crippen MR) is 95.8 cm³/mol. The van der Waals surface area contributed by atoms with Crippen molar-refractivity contribution < 1.29 is 9.53 Å². The second-order valence-corrected chi connectivity index (χ2v) is 5.58.